The van der Waals surface area contributed by atoms with Crippen molar-refractivity contribution < 1.29 is 24.5 Å². The number of carbonyl (C=O) groups is 1. The molecule has 2 N–H and O–H groups in total. The molecule has 12 heavy (non-hydrogen) atoms. The van der Waals surface area contributed by atoms with Gasteiger partial charge in [0, 0.05) is 13.2 Å². The van der Waals surface area contributed by atoms with Gasteiger partial charge in [0.05, 0.1) is 13.0 Å². The highest BCUT2D eigenvalue weighted by Gasteiger charge is 2.00. The molecule has 0 aliphatic carbocycles. The van der Waals surface area contributed by atoms with E-state index < -0.39 is 12.8 Å². The molecule has 0 aromatic rings. The Bertz CT molecular complexity index is 114. The molecule has 0 spiro atoms. The largest absolute Gasteiger partial charge is 0.439 e. The van der Waals surface area contributed by atoms with E-state index in [4.69, 9.17) is 14.9 Å². The molecule has 0 saturated heterocycles. The van der Waals surface area contributed by atoms with Crippen molar-refractivity contribution in [1.29, 1.82) is 0 Å². The zero-order valence-corrected chi connectivity index (χ0v) is 6.86. The third kappa shape index (κ3) is 7.46. The molecule has 0 aliphatic rings. The first kappa shape index (κ1) is 11.4. The van der Waals surface area contributed by atoms with Gasteiger partial charge in [-0.1, -0.05) is 0 Å². The van der Waals surface area contributed by atoms with Gasteiger partial charge < -0.3 is 19.7 Å². The maximum atomic E-state index is 10.6. The fraction of sp³-hybridized carbons (Fsp3) is 0.857. The van der Waals surface area contributed by atoms with E-state index in [0.717, 1.165) is 0 Å². The average Bonchev–Trinajstić information content (AvgIpc) is 2.05. The molecule has 0 fully saturated rings. The Labute approximate surface area is 70.9 Å². The first-order valence-electron chi connectivity index (χ1n) is 3.76. The third-order valence-corrected chi connectivity index (χ3v) is 1.12. The van der Waals surface area contributed by atoms with Gasteiger partial charge in [0.15, 0.2) is 6.79 Å². The standard InChI is InChI=1S/C7H14O5/c8-3-1-4-11-5-2-7(10)12-6-9/h8-9H,1-6H2. The summed E-state index contributed by atoms with van der Waals surface area (Å²) in [5, 5.41) is 16.5. The molecule has 0 rings (SSSR count). The molecular weight excluding hydrogens is 164 g/mol. The summed E-state index contributed by atoms with van der Waals surface area (Å²) in [6.07, 6.45) is 0.695. The lowest BCUT2D eigenvalue weighted by Crippen LogP contribution is -2.09. The maximum Gasteiger partial charge on any atom is 0.310 e. The Morgan fingerprint density at radius 2 is 2.00 bits per heavy atom. The summed E-state index contributed by atoms with van der Waals surface area (Å²) in [5.74, 6) is -0.485. The van der Waals surface area contributed by atoms with Gasteiger partial charge in [-0.05, 0) is 6.42 Å². The lowest BCUT2D eigenvalue weighted by Gasteiger charge is -2.02. The van der Waals surface area contributed by atoms with E-state index >= 15 is 0 Å². The summed E-state index contributed by atoms with van der Waals surface area (Å²) in [6.45, 7) is 0.193. The third-order valence-electron chi connectivity index (χ3n) is 1.12. The number of carbonyl (C=O) groups excluding carboxylic acids is 1. The van der Waals surface area contributed by atoms with Crippen molar-refractivity contribution in [2.75, 3.05) is 26.6 Å². The van der Waals surface area contributed by atoms with Crippen molar-refractivity contribution in [3.05, 3.63) is 0 Å². The van der Waals surface area contributed by atoms with Gasteiger partial charge in [0.1, 0.15) is 0 Å². The molecular formula is C7H14O5. The van der Waals surface area contributed by atoms with Crippen LogP contribution in [0.25, 0.3) is 0 Å². The minimum atomic E-state index is -0.588. The quantitative estimate of drug-likeness (QED) is 0.305. The van der Waals surface area contributed by atoms with Crippen molar-refractivity contribution in [1.82, 2.24) is 0 Å². The normalized spacial score (nSPS) is 9.83. The molecule has 0 bridgehead atoms. The van der Waals surface area contributed by atoms with Crippen LogP contribution in [-0.4, -0.2) is 42.8 Å². The van der Waals surface area contributed by atoms with E-state index in [0.29, 0.717) is 13.0 Å². The van der Waals surface area contributed by atoms with Crippen molar-refractivity contribution in [3.8, 4) is 0 Å². The van der Waals surface area contributed by atoms with Crippen molar-refractivity contribution in [2.45, 2.75) is 12.8 Å². The smallest absolute Gasteiger partial charge is 0.310 e. The zero-order chi connectivity index (χ0) is 9.23. The van der Waals surface area contributed by atoms with Gasteiger partial charge in [-0.3, -0.25) is 4.79 Å². The Morgan fingerprint density at radius 1 is 1.25 bits per heavy atom. The first-order chi connectivity index (χ1) is 5.81. The van der Waals surface area contributed by atoms with Crippen molar-refractivity contribution in [3.63, 3.8) is 0 Å². The zero-order valence-electron chi connectivity index (χ0n) is 6.86. The Hall–Kier alpha value is -0.650. The lowest BCUT2D eigenvalue weighted by atomic mass is 10.4. The van der Waals surface area contributed by atoms with E-state index in [1.54, 1.807) is 0 Å². The fourth-order valence-corrected chi connectivity index (χ4v) is 0.568. The lowest BCUT2D eigenvalue weighted by molar-refractivity contribution is -0.152. The van der Waals surface area contributed by atoms with Crippen LogP contribution in [0.15, 0.2) is 0 Å². The highest BCUT2D eigenvalue weighted by atomic mass is 16.6. The van der Waals surface area contributed by atoms with E-state index in [1.807, 2.05) is 0 Å². The Kier molecular flexibility index (Phi) is 7.99. The molecule has 0 atom stereocenters. The molecule has 5 heteroatoms. The second-order valence-electron chi connectivity index (χ2n) is 2.08. The summed E-state index contributed by atoms with van der Waals surface area (Å²) >= 11 is 0. The number of rotatable bonds is 7. The monoisotopic (exact) mass is 178 g/mol. The van der Waals surface area contributed by atoms with E-state index in [9.17, 15) is 4.79 Å². The summed E-state index contributed by atoms with van der Waals surface area (Å²) in [6, 6.07) is 0. The van der Waals surface area contributed by atoms with Crippen LogP contribution in [0.2, 0.25) is 0 Å². The van der Waals surface area contributed by atoms with Crippen LogP contribution >= 0.6 is 0 Å². The Morgan fingerprint density at radius 3 is 2.58 bits per heavy atom. The SMILES string of the molecule is O=C(CCOCCCO)OCO. The number of hydrogen-bond donors (Lipinski definition) is 2. The highest BCUT2D eigenvalue weighted by Crippen LogP contribution is 1.88. The summed E-state index contributed by atoms with van der Waals surface area (Å²) in [5.41, 5.74) is 0. The van der Waals surface area contributed by atoms with Crippen LogP contribution in [0, 0.1) is 0 Å². The predicted molar refractivity (Wildman–Crippen MR) is 40.3 cm³/mol. The van der Waals surface area contributed by atoms with Crippen molar-refractivity contribution >= 4 is 5.97 Å². The molecule has 72 valence electrons. The summed E-state index contributed by atoms with van der Waals surface area (Å²) in [4.78, 5) is 10.6. The molecule has 0 unspecified atom stereocenters. The summed E-state index contributed by atoms with van der Waals surface area (Å²) in [7, 11) is 0. The fourth-order valence-electron chi connectivity index (χ4n) is 0.568. The molecule has 0 aromatic heterocycles. The van der Waals surface area contributed by atoms with Crippen LogP contribution < -0.4 is 0 Å². The average molecular weight is 178 g/mol. The molecule has 5 nitrogen and oxygen atoms in total. The molecule has 0 radical (unpaired) electrons. The molecule has 0 heterocycles. The van der Waals surface area contributed by atoms with Gasteiger partial charge in [-0.15, -0.1) is 0 Å². The molecule has 0 saturated carbocycles. The Balaban J connectivity index is 3.03. The van der Waals surface area contributed by atoms with Gasteiger partial charge in [0.2, 0.25) is 0 Å². The van der Waals surface area contributed by atoms with Gasteiger partial charge in [-0.2, -0.15) is 0 Å². The number of aliphatic hydroxyl groups excluding tert-OH is 2. The van der Waals surface area contributed by atoms with Crippen LogP contribution in [0.4, 0.5) is 0 Å². The van der Waals surface area contributed by atoms with Gasteiger partial charge >= 0.3 is 5.97 Å². The minimum absolute atomic E-state index is 0.0844. The van der Waals surface area contributed by atoms with Crippen LogP contribution in [-0.2, 0) is 14.3 Å². The molecule has 0 aliphatic heterocycles. The van der Waals surface area contributed by atoms with Crippen molar-refractivity contribution in [2.24, 2.45) is 0 Å². The number of esters is 1. The number of hydrogen-bond acceptors (Lipinski definition) is 5. The van der Waals surface area contributed by atoms with Crippen LogP contribution in [0.5, 0.6) is 0 Å². The number of ether oxygens (including phenoxy) is 2. The second kappa shape index (κ2) is 8.45. The predicted octanol–water partition coefficient (Wildman–Crippen LogP) is -0.732. The van der Waals surface area contributed by atoms with E-state index in [2.05, 4.69) is 4.74 Å². The molecule has 0 amide bonds. The van der Waals surface area contributed by atoms with E-state index in [1.165, 1.54) is 0 Å². The van der Waals surface area contributed by atoms with Crippen LogP contribution in [0.1, 0.15) is 12.8 Å². The van der Waals surface area contributed by atoms with Gasteiger partial charge in [0.25, 0.3) is 0 Å². The topological polar surface area (TPSA) is 76.0 Å². The number of aliphatic hydroxyl groups is 2. The highest BCUT2D eigenvalue weighted by molar-refractivity contribution is 5.69. The van der Waals surface area contributed by atoms with E-state index in [-0.39, 0.29) is 19.6 Å². The molecule has 0 aromatic carbocycles. The van der Waals surface area contributed by atoms with Gasteiger partial charge in [-0.25, -0.2) is 0 Å². The first-order valence-corrected chi connectivity index (χ1v) is 3.76. The summed E-state index contributed by atoms with van der Waals surface area (Å²) < 4.78 is 9.18. The van der Waals surface area contributed by atoms with Crippen LogP contribution in [0.3, 0.4) is 0 Å². The second-order valence-corrected chi connectivity index (χ2v) is 2.08. The minimum Gasteiger partial charge on any atom is -0.439 e. The maximum absolute atomic E-state index is 10.6.